The van der Waals surface area contributed by atoms with Crippen LogP contribution in [0.3, 0.4) is 0 Å². The Morgan fingerprint density at radius 2 is 2.18 bits per heavy atom. The first-order valence-electron chi connectivity index (χ1n) is 4.43. The molecule has 1 nitrogen and oxygen atoms in total. The number of rotatable bonds is 4. The molecule has 0 bridgehead atoms. The van der Waals surface area contributed by atoms with Gasteiger partial charge in [-0.1, -0.05) is 20.3 Å². The molecule has 0 spiro atoms. The van der Waals surface area contributed by atoms with Crippen molar-refractivity contribution in [2.24, 2.45) is 0 Å². The second-order valence-electron chi connectivity index (χ2n) is 2.83. The van der Waals surface area contributed by atoms with Crippen LogP contribution in [0.15, 0.2) is 16.7 Å². The third-order valence-corrected chi connectivity index (χ3v) is 1.96. The number of aryl methyl sites for hydroxylation is 2. The summed E-state index contributed by atoms with van der Waals surface area (Å²) in [6.07, 6.45) is 6.52. The monoisotopic (exact) mass is 152 g/mol. The quantitative estimate of drug-likeness (QED) is 0.645. The van der Waals surface area contributed by atoms with Gasteiger partial charge in [-0.2, -0.15) is 0 Å². The predicted octanol–water partition coefficient (Wildman–Crippen LogP) is 3.18. The van der Waals surface area contributed by atoms with Crippen molar-refractivity contribution < 1.29 is 4.42 Å². The lowest BCUT2D eigenvalue weighted by Gasteiger charge is -1.97. The van der Waals surface area contributed by atoms with Crippen molar-refractivity contribution in [1.82, 2.24) is 0 Å². The summed E-state index contributed by atoms with van der Waals surface area (Å²) in [5.41, 5.74) is 1.40. The van der Waals surface area contributed by atoms with Crippen LogP contribution in [0, 0.1) is 0 Å². The Balaban J connectivity index is 2.54. The largest absolute Gasteiger partial charge is 0.469 e. The minimum absolute atomic E-state index is 1.02. The molecule has 1 aromatic rings. The summed E-state index contributed by atoms with van der Waals surface area (Å²) < 4.78 is 5.31. The zero-order valence-electron chi connectivity index (χ0n) is 7.39. The van der Waals surface area contributed by atoms with Crippen LogP contribution in [0.5, 0.6) is 0 Å². The van der Waals surface area contributed by atoms with E-state index in [1.807, 2.05) is 0 Å². The average Bonchev–Trinajstić information content (AvgIpc) is 2.47. The molecule has 0 unspecified atom stereocenters. The van der Waals surface area contributed by atoms with Crippen LogP contribution in [-0.4, -0.2) is 0 Å². The number of hydrogen-bond donors (Lipinski definition) is 0. The van der Waals surface area contributed by atoms with Gasteiger partial charge in [0.2, 0.25) is 0 Å². The SMILES string of the molecule is CCCCc1ccoc1CC. The van der Waals surface area contributed by atoms with Crippen molar-refractivity contribution in [2.45, 2.75) is 39.5 Å². The number of furan rings is 1. The van der Waals surface area contributed by atoms with Crippen LogP contribution >= 0.6 is 0 Å². The number of hydrogen-bond acceptors (Lipinski definition) is 1. The Morgan fingerprint density at radius 1 is 1.36 bits per heavy atom. The normalized spacial score (nSPS) is 10.4. The molecule has 1 rings (SSSR count). The van der Waals surface area contributed by atoms with E-state index in [0.717, 1.165) is 6.42 Å². The zero-order chi connectivity index (χ0) is 8.10. The fourth-order valence-corrected chi connectivity index (χ4v) is 1.27. The predicted molar refractivity (Wildman–Crippen MR) is 46.7 cm³/mol. The Bertz CT molecular complexity index is 200. The molecule has 0 aliphatic heterocycles. The van der Waals surface area contributed by atoms with Gasteiger partial charge in [-0.15, -0.1) is 0 Å². The van der Waals surface area contributed by atoms with Crippen LogP contribution in [-0.2, 0) is 12.8 Å². The van der Waals surface area contributed by atoms with E-state index in [0.29, 0.717) is 0 Å². The lowest BCUT2D eigenvalue weighted by molar-refractivity contribution is 0.510. The molecule has 0 amide bonds. The third kappa shape index (κ3) is 2.11. The summed E-state index contributed by atoms with van der Waals surface area (Å²) in [6, 6.07) is 2.09. The van der Waals surface area contributed by atoms with Crippen molar-refractivity contribution in [3.63, 3.8) is 0 Å². The first kappa shape index (κ1) is 8.38. The molecule has 0 saturated carbocycles. The molecule has 0 aliphatic carbocycles. The minimum atomic E-state index is 1.02. The Kier molecular flexibility index (Phi) is 3.21. The highest BCUT2D eigenvalue weighted by molar-refractivity contribution is 5.16. The van der Waals surface area contributed by atoms with Gasteiger partial charge in [0.25, 0.3) is 0 Å². The van der Waals surface area contributed by atoms with Crippen LogP contribution in [0.2, 0.25) is 0 Å². The molecule has 1 heteroatoms. The van der Waals surface area contributed by atoms with Gasteiger partial charge in [0.05, 0.1) is 6.26 Å². The molecule has 1 aromatic heterocycles. The maximum Gasteiger partial charge on any atom is 0.106 e. The first-order valence-corrected chi connectivity index (χ1v) is 4.43. The highest BCUT2D eigenvalue weighted by atomic mass is 16.3. The second-order valence-corrected chi connectivity index (χ2v) is 2.83. The molecule has 0 fully saturated rings. The lowest BCUT2D eigenvalue weighted by atomic mass is 10.1. The highest BCUT2D eigenvalue weighted by Gasteiger charge is 2.01. The first-order chi connectivity index (χ1) is 5.38. The maximum absolute atomic E-state index is 5.31. The summed E-state index contributed by atoms with van der Waals surface area (Å²) in [5.74, 6) is 1.17. The van der Waals surface area contributed by atoms with Crippen molar-refractivity contribution in [1.29, 1.82) is 0 Å². The molecule has 1 heterocycles. The summed E-state index contributed by atoms with van der Waals surface area (Å²) in [6.45, 7) is 4.35. The fraction of sp³-hybridized carbons (Fsp3) is 0.600. The van der Waals surface area contributed by atoms with E-state index in [1.54, 1.807) is 6.26 Å². The van der Waals surface area contributed by atoms with E-state index < -0.39 is 0 Å². The standard InChI is InChI=1S/C10H16O/c1-3-5-6-9-7-8-11-10(9)4-2/h7-8H,3-6H2,1-2H3. The third-order valence-electron chi connectivity index (χ3n) is 1.96. The van der Waals surface area contributed by atoms with Crippen molar-refractivity contribution in [3.05, 3.63) is 23.7 Å². The summed E-state index contributed by atoms with van der Waals surface area (Å²) in [7, 11) is 0. The summed E-state index contributed by atoms with van der Waals surface area (Å²) in [5, 5.41) is 0. The van der Waals surface area contributed by atoms with Crippen LogP contribution < -0.4 is 0 Å². The molecule has 0 aromatic carbocycles. The van der Waals surface area contributed by atoms with Crippen molar-refractivity contribution in [3.8, 4) is 0 Å². The molecule has 0 atom stereocenters. The van der Waals surface area contributed by atoms with Gasteiger partial charge in [0.1, 0.15) is 5.76 Å². The molecule has 11 heavy (non-hydrogen) atoms. The molecule has 0 saturated heterocycles. The molecule has 0 N–H and O–H groups in total. The topological polar surface area (TPSA) is 13.1 Å². The van der Waals surface area contributed by atoms with E-state index in [1.165, 1.54) is 30.6 Å². The van der Waals surface area contributed by atoms with Gasteiger partial charge >= 0.3 is 0 Å². The van der Waals surface area contributed by atoms with Crippen molar-refractivity contribution in [2.75, 3.05) is 0 Å². The molecular formula is C10H16O. The smallest absolute Gasteiger partial charge is 0.106 e. The lowest BCUT2D eigenvalue weighted by Crippen LogP contribution is -1.86. The molecular weight excluding hydrogens is 136 g/mol. The van der Waals surface area contributed by atoms with Gasteiger partial charge in [0, 0.05) is 6.42 Å². The summed E-state index contributed by atoms with van der Waals surface area (Å²) >= 11 is 0. The number of unbranched alkanes of at least 4 members (excludes halogenated alkanes) is 1. The Morgan fingerprint density at radius 3 is 2.82 bits per heavy atom. The Labute approximate surface area is 68.4 Å². The van der Waals surface area contributed by atoms with E-state index >= 15 is 0 Å². The van der Waals surface area contributed by atoms with Crippen molar-refractivity contribution >= 4 is 0 Å². The average molecular weight is 152 g/mol. The van der Waals surface area contributed by atoms with Gasteiger partial charge < -0.3 is 4.42 Å². The van der Waals surface area contributed by atoms with Gasteiger partial charge in [-0.25, -0.2) is 0 Å². The fourth-order valence-electron chi connectivity index (χ4n) is 1.27. The molecule has 62 valence electrons. The maximum atomic E-state index is 5.31. The van der Waals surface area contributed by atoms with E-state index in [9.17, 15) is 0 Å². The summed E-state index contributed by atoms with van der Waals surface area (Å²) in [4.78, 5) is 0. The Hall–Kier alpha value is -0.720. The molecule has 0 aliphatic rings. The highest BCUT2D eigenvalue weighted by Crippen LogP contribution is 2.13. The minimum Gasteiger partial charge on any atom is -0.469 e. The van der Waals surface area contributed by atoms with Crippen LogP contribution in [0.25, 0.3) is 0 Å². The van der Waals surface area contributed by atoms with E-state index in [2.05, 4.69) is 19.9 Å². The van der Waals surface area contributed by atoms with E-state index in [-0.39, 0.29) is 0 Å². The van der Waals surface area contributed by atoms with Gasteiger partial charge in [0.15, 0.2) is 0 Å². The zero-order valence-corrected chi connectivity index (χ0v) is 7.39. The van der Waals surface area contributed by atoms with Crippen LogP contribution in [0.1, 0.15) is 38.0 Å². The van der Waals surface area contributed by atoms with Gasteiger partial charge in [-0.3, -0.25) is 0 Å². The molecule has 0 radical (unpaired) electrons. The van der Waals surface area contributed by atoms with E-state index in [4.69, 9.17) is 4.42 Å². The van der Waals surface area contributed by atoms with Crippen LogP contribution in [0.4, 0.5) is 0 Å². The second kappa shape index (κ2) is 4.22. The van der Waals surface area contributed by atoms with Gasteiger partial charge in [-0.05, 0) is 24.5 Å².